The molecule has 0 radical (unpaired) electrons. The maximum atomic E-state index is 11.9. The van der Waals surface area contributed by atoms with Crippen molar-refractivity contribution in [1.82, 2.24) is 4.72 Å². The summed E-state index contributed by atoms with van der Waals surface area (Å²) in [6.07, 6.45) is 2.99. The van der Waals surface area contributed by atoms with Crippen LogP contribution in [-0.4, -0.2) is 34.7 Å². The monoisotopic (exact) mass is 314 g/mol. The van der Waals surface area contributed by atoms with Crippen molar-refractivity contribution in [3.05, 3.63) is 24.3 Å². The molecule has 0 aromatic heterocycles. The molecule has 120 valence electrons. The van der Waals surface area contributed by atoms with E-state index in [4.69, 9.17) is 4.74 Å². The highest BCUT2D eigenvalue weighted by atomic mass is 32.2. The number of hydrogen-bond donors (Lipinski definition) is 2. The molecule has 0 atom stereocenters. The molecule has 0 saturated heterocycles. The van der Waals surface area contributed by atoms with E-state index in [1.54, 1.807) is 24.3 Å². The van der Waals surface area contributed by atoms with Gasteiger partial charge in [0.25, 0.3) is 0 Å². The fourth-order valence-corrected chi connectivity index (χ4v) is 2.82. The lowest BCUT2D eigenvalue weighted by Crippen LogP contribution is -2.24. The first-order chi connectivity index (χ1) is 10.1. The molecular weight excluding hydrogens is 288 g/mol. The molecule has 0 fully saturated rings. The lowest BCUT2D eigenvalue weighted by Gasteiger charge is -2.09. The number of sulfonamides is 1. The molecule has 0 bridgehead atoms. The highest BCUT2D eigenvalue weighted by molar-refractivity contribution is 7.89. The molecule has 0 aliphatic heterocycles. The van der Waals surface area contributed by atoms with Gasteiger partial charge in [-0.2, -0.15) is 0 Å². The van der Waals surface area contributed by atoms with Gasteiger partial charge in [-0.05, 0) is 37.1 Å². The second kappa shape index (κ2) is 9.76. The Morgan fingerprint density at radius 3 is 2.33 bits per heavy atom. The predicted octanol–water partition coefficient (Wildman–Crippen LogP) is 2.60. The Labute approximate surface area is 128 Å². The second-order valence-corrected chi connectivity index (χ2v) is 6.58. The van der Waals surface area contributed by atoms with E-state index in [2.05, 4.69) is 17.0 Å². The summed E-state index contributed by atoms with van der Waals surface area (Å²) in [7, 11) is -3.38. The highest BCUT2D eigenvalue weighted by Crippen LogP contribution is 2.13. The summed E-state index contributed by atoms with van der Waals surface area (Å²) in [5, 5.41) is 3.20. The Morgan fingerprint density at radius 2 is 1.71 bits per heavy atom. The maximum Gasteiger partial charge on any atom is 0.240 e. The smallest absolute Gasteiger partial charge is 0.240 e. The van der Waals surface area contributed by atoms with Crippen LogP contribution in [0.25, 0.3) is 0 Å². The Kier molecular flexibility index (Phi) is 8.34. The number of benzene rings is 1. The third-order valence-corrected chi connectivity index (χ3v) is 4.40. The Hall–Kier alpha value is -1.11. The highest BCUT2D eigenvalue weighted by Gasteiger charge is 2.12. The van der Waals surface area contributed by atoms with E-state index in [0.29, 0.717) is 24.6 Å². The van der Waals surface area contributed by atoms with Gasteiger partial charge in [0.1, 0.15) is 0 Å². The van der Waals surface area contributed by atoms with E-state index in [-0.39, 0.29) is 0 Å². The fraction of sp³-hybridized carbons (Fsp3) is 0.600. The third kappa shape index (κ3) is 6.93. The van der Waals surface area contributed by atoms with Crippen molar-refractivity contribution >= 4 is 15.7 Å². The quantitative estimate of drug-likeness (QED) is 0.616. The minimum absolute atomic E-state index is 0.292. The van der Waals surface area contributed by atoms with Crippen LogP contribution in [0.1, 0.15) is 33.1 Å². The molecule has 21 heavy (non-hydrogen) atoms. The standard InChI is InChI=1S/C15H26N2O3S/c1-3-5-12-20-13-11-16-14-6-8-15(9-7-14)21(18,19)17-10-4-2/h6-9,16-17H,3-5,10-13H2,1-2H3. The number of rotatable bonds is 11. The average Bonchev–Trinajstić information content (AvgIpc) is 2.49. The van der Waals surface area contributed by atoms with E-state index in [9.17, 15) is 8.42 Å². The van der Waals surface area contributed by atoms with E-state index in [1.165, 1.54) is 0 Å². The number of hydrogen-bond acceptors (Lipinski definition) is 4. The van der Waals surface area contributed by atoms with E-state index in [0.717, 1.165) is 31.6 Å². The minimum atomic E-state index is -3.38. The zero-order valence-electron chi connectivity index (χ0n) is 12.9. The largest absolute Gasteiger partial charge is 0.383 e. The fourth-order valence-electron chi connectivity index (χ4n) is 1.69. The van der Waals surface area contributed by atoms with Gasteiger partial charge >= 0.3 is 0 Å². The molecular formula is C15H26N2O3S. The van der Waals surface area contributed by atoms with Crippen molar-refractivity contribution in [3.63, 3.8) is 0 Å². The topological polar surface area (TPSA) is 67.4 Å². The zero-order chi connectivity index (χ0) is 15.6. The van der Waals surface area contributed by atoms with Gasteiger partial charge in [0.15, 0.2) is 0 Å². The van der Waals surface area contributed by atoms with Crippen molar-refractivity contribution in [2.75, 3.05) is 31.6 Å². The van der Waals surface area contributed by atoms with Gasteiger partial charge in [0.2, 0.25) is 10.0 Å². The Morgan fingerprint density at radius 1 is 1.00 bits per heavy atom. The SMILES string of the molecule is CCCCOCCNc1ccc(S(=O)(=O)NCCC)cc1. The first kappa shape index (κ1) is 17.9. The summed E-state index contributed by atoms with van der Waals surface area (Å²) >= 11 is 0. The molecule has 6 heteroatoms. The lowest BCUT2D eigenvalue weighted by atomic mass is 10.3. The van der Waals surface area contributed by atoms with Crippen molar-refractivity contribution < 1.29 is 13.2 Å². The van der Waals surface area contributed by atoms with Gasteiger partial charge < -0.3 is 10.1 Å². The summed E-state index contributed by atoms with van der Waals surface area (Å²) < 4.78 is 31.8. The van der Waals surface area contributed by atoms with Crippen molar-refractivity contribution in [3.8, 4) is 0 Å². The van der Waals surface area contributed by atoms with Crippen LogP contribution in [0.3, 0.4) is 0 Å². The van der Waals surface area contributed by atoms with E-state index < -0.39 is 10.0 Å². The molecule has 5 nitrogen and oxygen atoms in total. The molecule has 0 amide bonds. The first-order valence-corrected chi connectivity index (χ1v) is 8.99. The number of unbranched alkanes of at least 4 members (excludes halogenated alkanes) is 1. The molecule has 1 aromatic carbocycles. The van der Waals surface area contributed by atoms with Crippen molar-refractivity contribution in [1.29, 1.82) is 0 Å². The van der Waals surface area contributed by atoms with Gasteiger partial charge in [0.05, 0.1) is 11.5 Å². The molecule has 0 unspecified atom stereocenters. The molecule has 0 saturated carbocycles. The van der Waals surface area contributed by atoms with Crippen LogP contribution in [0.2, 0.25) is 0 Å². The summed E-state index contributed by atoms with van der Waals surface area (Å²) in [6, 6.07) is 6.76. The Bertz CT molecular complexity index is 486. The van der Waals surface area contributed by atoms with Crippen LogP contribution in [0, 0.1) is 0 Å². The van der Waals surface area contributed by atoms with Crippen LogP contribution < -0.4 is 10.0 Å². The number of ether oxygens (including phenoxy) is 1. The summed E-state index contributed by atoms with van der Waals surface area (Å²) in [4.78, 5) is 0.292. The molecule has 0 heterocycles. The summed E-state index contributed by atoms with van der Waals surface area (Å²) in [6.45, 7) is 6.67. The second-order valence-electron chi connectivity index (χ2n) is 4.81. The number of anilines is 1. The minimum Gasteiger partial charge on any atom is -0.383 e. The van der Waals surface area contributed by atoms with Gasteiger partial charge in [0, 0.05) is 25.4 Å². The zero-order valence-corrected chi connectivity index (χ0v) is 13.7. The number of nitrogens with one attached hydrogen (secondary N) is 2. The average molecular weight is 314 g/mol. The summed E-state index contributed by atoms with van der Waals surface area (Å²) in [5.41, 5.74) is 0.892. The van der Waals surface area contributed by atoms with Gasteiger partial charge in [-0.3, -0.25) is 0 Å². The first-order valence-electron chi connectivity index (χ1n) is 7.51. The van der Waals surface area contributed by atoms with Crippen molar-refractivity contribution in [2.24, 2.45) is 0 Å². The van der Waals surface area contributed by atoms with Crippen LogP contribution in [0.5, 0.6) is 0 Å². The predicted molar refractivity (Wildman–Crippen MR) is 86.1 cm³/mol. The van der Waals surface area contributed by atoms with E-state index in [1.807, 2.05) is 6.92 Å². The molecule has 0 spiro atoms. The lowest BCUT2D eigenvalue weighted by molar-refractivity contribution is 0.141. The molecule has 1 rings (SSSR count). The van der Waals surface area contributed by atoms with E-state index >= 15 is 0 Å². The van der Waals surface area contributed by atoms with Crippen LogP contribution in [0.4, 0.5) is 5.69 Å². The van der Waals surface area contributed by atoms with Gasteiger partial charge in [-0.15, -0.1) is 0 Å². The van der Waals surface area contributed by atoms with Gasteiger partial charge in [-0.25, -0.2) is 13.1 Å². The maximum absolute atomic E-state index is 11.9. The molecule has 0 aliphatic rings. The van der Waals surface area contributed by atoms with Crippen LogP contribution >= 0.6 is 0 Å². The van der Waals surface area contributed by atoms with Crippen LogP contribution in [-0.2, 0) is 14.8 Å². The summed E-state index contributed by atoms with van der Waals surface area (Å²) in [5.74, 6) is 0. The van der Waals surface area contributed by atoms with Gasteiger partial charge in [-0.1, -0.05) is 20.3 Å². The molecule has 2 N–H and O–H groups in total. The molecule has 0 aliphatic carbocycles. The molecule has 1 aromatic rings. The normalized spacial score (nSPS) is 11.5. The van der Waals surface area contributed by atoms with Crippen LogP contribution in [0.15, 0.2) is 29.2 Å². The Balaban J connectivity index is 2.40. The third-order valence-electron chi connectivity index (χ3n) is 2.92. The van der Waals surface area contributed by atoms with Crippen molar-refractivity contribution in [2.45, 2.75) is 38.0 Å².